The van der Waals surface area contributed by atoms with E-state index in [0.29, 0.717) is 6.04 Å². The zero-order valence-corrected chi connectivity index (χ0v) is 11.6. The molecule has 1 atom stereocenters. The molecule has 15 heavy (non-hydrogen) atoms. The van der Waals surface area contributed by atoms with Gasteiger partial charge in [-0.3, -0.25) is 8.98 Å². The van der Waals surface area contributed by atoms with E-state index in [1.165, 1.54) is 7.11 Å². The third-order valence-corrected chi connectivity index (χ3v) is 10.7. The van der Waals surface area contributed by atoms with E-state index in [4.69, 9.17) is 0 Å². The molecule has 0 saturated heterocycles. The van der Waals surface area contributed by atoms with Gasteiger partial charge >= 0.3 is 5.97 Å². The van der Waals surface area contributed by atoms with Crippen molar-refractivity contribution in [2.45, 2.75) is 26.1 Å². The summed E-state index contributed by atoms with van der Waals surface area (Å²) >= 11 is 0. The van der Waals surface area contributed by atoms with Crippen molar-refractivity contribution in [2.24, 2.45) is 5.92 Å². The Kier molecular flexibility index (Phi) is 4.95. The molecule has 0 aliphatic carbocycles. The van der Waals surface area contributed by atoms with Crippen LogP contribution >= 0.6 is 0 Å². The zero-order chi connectivity index (χ0) is 12.3. The van der Waals surface area contributed by atoms with Crippen molar-refractivity contribution in [2.75, 3.05) is 14.2 Å². The lowest BCUT2D eigenvalue weighted by Crippen LogP contribution is -2.40. The van der Waals surface area contributed by atoms with Crippen LogP contribution in [0.2, 0.25) is 19.1 Å². The van der Waals surface area contributed by atoms with Crippen LogP contribution in [0.1, 0.15) is 6.92 Å². The van der Waals surface area contributed by atoms with Crippen LogP contribution in [0.3, 0.4) is 0 Å². The number of esters is 1. The molecule has 0 aromatic rings. The maximum atomic E-state index is 11.6. The smallest absolute Gasteiger partial charge is 0.308 e. The lowest BCUT2D eigenvalue weighted by molar-refractivity contribution is -0.144. The normalized spacial score (nSPS) is 14.7. The van der Waals surface area contributed by atoms with Gasteiger partial charge in [0, 0.05) is 0 Å². The van der Waals surface area contributed by atoms with Gasteiger partial charge in [-0.1, -0.05) is 20.0 Å². The summed E-state index contributed by atoms with van der Waals surface area (Å²) in [5.74, 6) is -0.802. The van der Waals surface area contributed by atoms with E-state index in [2.05, 4.69) is 8.92 Å². The quantitative estimate of drug-likeness (QED) is 0.540. The van der Waals surface area contributed by atoms with Gasteiger partial charge in [0.2, 0.25) is 16.8 Å². The molecule has 0 aromatic heterocycles. The third kappa shape index (κ3) is 3.58. The van der Waals surface area contributed by atoms with Gasteiger partial charge in [0.25, 0.3) is 0 Å². The molecule has 0 N–H and O–H groups in total. The van der Waals surface area contributed by atoms with Crippen molar-refractivity contribution in [1.82, 2.24) is 0 Å². The van der Waals surface area contributed by atoms with Crippen molar-refractivity contribution >= 4 is 22.8 Å². The van der Waals surface area contributed by atoms with Crippen LogP contribution in [-0.2, 0) is 23.3 Å². The average molecular weight is 254 g/mol. The van der Waals surface area contributed by atoms with Crippen molar-refractivity contribution in [1.29, 1.82) is 0 Å². The molecule has 0 aliphatic rings. The maximum Gasteiger partial charge on any atom is 0.308 e. The molecular weight excluding hydrogens is 236 g/mol. The van der Waals surface area contributed by atoms with Crippen LogP contribution in [0.25, 0.3) is 0 Å². The van der Waals surface area contributed by atoms with Gasteiger partial charge in [0.05, 0.1) is 20.1 Å². The van der Waals surface area contributed by atoms with Gasteiger partial charge in [-0.05, 0) is 6.04 Å². The van der Waals surface area contributed by atoms with E-state index >= 15 is 0 Å². The second-order valence-electron chi connectivity index (χ2n) is 4.01. The first kappa shape index (κ1) is 14.6. The van der Waals surface area contributed by atoms with Crippen LogP contribution in [0.5, 0.6) is 0 Å². The molecule has 0 radical (unpaired) electrons. The molecule has 0 rings (SSSR count). The van der Waals surface area contributed by atoms with Crippen LogP contribution < -0.4 is 0 Å². The SMILES string of the molecule is COC(=O)C(C)C[Si](C)(C)S(=O)(=O)OC. The lowest BCUT2D eigenvalue weighted by Gasteiger charge is -2.22. The van der Waals surface area contributed by atoms with E-state index < -0.39 is 22.7 Å². The topological polar surface area (TPSA) is 69.7 Å². The lowest BCUT2D eigenvalue weighted by atomic mass is 10.2. The Morgan fingerprint density at radius 1 is 1.33 bits per heavy atom. The molecule has 90 valence electrons. The zero-order valence-electron chi connectivity index (χ0n) is 9.73. The van der Waals surface area contributed by atoms with Gasteiger partial charge in [0.1, 0.15) is 0 Å². The van der Waals surface area contributed by atoms with E-state index in [-0.39, 0.29) is 5.97 Å². The standard InChI is InChI=1S/C8H18O5SSi/c1-7(8(9)12-2)6-15(4,5)14(10,11)13-3/h7H,6H2,1-5H3. The summed E-state index contributed by atoms with van der Waals surface area (Å²) in [6, 6.07) is 0.301. The van der Waals surface area contributed by atoms with Crippen molar-refractivity contribution in [3.63, 3.8) is 0 Å². The Morgan fingerprint density at radius 3 is 2.13 bits per heavy atom. The molecular formula is C8H18O5SSi. The minimum atomic E-state index is -3.50. The summed E-state index contributed by atoms with van der Waals surface area (Å²) < 4.78 is 32.2. The maximum absolute atomic E-state index is 11.6. The van der Waals surface area contributed by atoms with Crippen LogP contribution in [-0.4, -0.2) is 35.8 Å². The van der Waals surface area contributed by atoms with E-state index in [0.717, 1.165) is 7.11 Å². The number of hydrogen-bond acceptors (Lipinski definition) is 5. The number of carbonyl (C=O) groups excluding carboxylic acids is 1. The van der Waals surface area contributed by atoms with E-state index in [9.17, 15) is 13.2 Å². The second kappa shape index (κ2) is 5.09. The Balaban J connectivity index is 4.73. The van der Waals surface area contributed by atoms with E-state index in [1.54, 1.807) is 20.0 Å². The molecule has 0 aromatic carbocycles. The van der Waals surface area contributed by atoms with Crippen LogP contribution in [0.4, 0.5) is 0 Å². The van der Waals surface area contributed by atoms with Crippen molar-refractivity contribution in [3.05, 3.63) is 0 Å². The summed E-state index contributed by atoms with van der Waals surface area (Å²) in [7, 11) is -3.69. The second-order valence-corrected chi connectivity index (χ2v) is 14.0. The summed E-state index contributed by atoms with van der Waals surface area (Å²) in [6.07, 6.45) is 0. The predicted molar refractivity (Wildman–Crippen MR) is 59.4 cm³/mol. The van der Waals surface area contributed by atoms with Crippen molar-refractivity contribution in [3.8, 4) is 0 Å². The van der Waals surface area contributed by atoms with Gasteiger partial charge in [-0.2, -0.15) is 0 Å². The van der Waals surface area contributed by atoms with Crippen molar-refractivity contribution < 1.29 is 22.1 Å². The fourth-order valence-electron chi connectivity index (χ4n) is 1.35. The minimum absolute atomic E-state index is 0.301. The van der Waals surface area contributed by atoms with Gasteiger partial charge in [-0.15, -0.1) is 0 Å². The number of ether oxygens (including phenoxy) is 1. The molecule has 0 bridgehead atoms. The Hall–Kier alpha value is -0.403. The summed E-state index contributed by atoms with van der Waals surface area (Å²) in [4.78, 5) is 11.2. The summed E-state index contributed by atoms with van der Waals surface area (Å²) in [6.45, 7) is 4.97. The third-order valence-electron chi connectivity index (χ3n) is 2.30. The van der Waals surface area contributed by atoms with Gasteiger partial charge < -0.3 is 4.74 Å². The van der Waals surface area contributed by atoms with Crippen LogP contribution in [0.15, 0.2) is 0 Å². The fraction of sp³-hybridized carbons (Fsp3) is 0.875. The Bertz CT molecular complexity index is 322. The largest absolute Gasteiger partial charge is 0.469 e. The Labute approximate surface area is 91.5 Å². The summed E-state index contributed by atoms with van der Waals surface area (Å²) in [5, 5.41) is 0. The molecule has 5 nitrogen and oxygen atoms in total. The Morgan fingerprint density at radius 2 is 1.80 bits per heavy atom. The highest BCUT2D eigenvalue weighted by Gasteiger charge is 2.40. The highest BCUT2D eigenvalue weighted by Crippen LogP contribution is 2.24. The average Bonchev–Trinajstić information content (AvgIpc) is 2.15. The predicted octanol–water partition coefficient (Wildman–Crippen LogP) is 0.977. The first-order valence-corrected chi connectivity index (χ1v) is 9.90. The molecule has 0 saturated carbocycles. The van der Waals surface area contributed by atoms with E-state index in [1.807, 2.05) is 0 Å². The molecule has 0 heterocycles. The number of carbonyl (C=O) groups is 1. The number of rotatable bonds is 5. The molecule has 1 unspecified atom stereocenters. The molecule has 0 fully saturated rings. The molecule has 0 aliphatic heterocycles. The molecule has 0 spiro atoms. The highest BCUT2D eigenvalue weighted by molar-refractivity contribution is 8.18. The van der Waals surface area contributed by atoms with Gasteiger partial charge in [-0.25, -0.2) is 8.42 Å². The van der Waals surface area contributed by atoms with Crippen LogP contribution in [0, 0.1) is 5.92 Å². The fourth-order valence-corrected chi connectivity index (χ4v) is 6.36. The monoisotopic (exact) mass is 254 g/mol. The molecule has 7 heteroatoms. The number of methoxy groups -OCH3 is 1. The van der Waals surface area contributed by atoms with Gasteiger partial charge in [0.15, 0.2) is 0 Å². The summed E-state index contributed by atoms with van der Waals surface area (Å²) in [5.41, 5.74) is 0. The highest BCUT2D eigenvalue weighted by atomic mass is 32.4. The first-order chi connectivity index (χ1) is 6.68. The molecule has 0 amide bonds. The first-order valence-electron chi connectivity index (χ1n) is 4.56. The minimum Gasteiger partial charge on any atom is -0.469 e. The number of hydrogen-bond donors (Lipinski definition) is 0.